The van der Waals surface area contributed by atoms with Crippen LogP contribution in [-0.4, -0.2) is 47.9 Å². The van der Waals surface area contributed by atoms with E-state index in [2.05, 4.69) is 26.2 Å². The van der Waals surface area contributed by atoms with Gasteiger partial charge in [0.1, 0.15) is 0 Å². The van der Waals surface area contributed by atoms with Gasteiger partial charge in [-0.3, -0.25) is 14.6 Å². The van der Waals surface area contributed by atoms with Gasteiger partial charge in [-0.25, -0.2) is 4.79 Å². The lowest BCUT2D eigenvalue weighted by Crippen LogP contribution is -2.37. The molecule has 1 aromatic heterocycles. The van der Waals surface area contributed by atoms with Crippen molar-refractivity contribution >= 4 is 51.0 Å². The molecule has 0 aliphatic carbocycles. The molecule has 0 aliphatic heterocycles. The van der Waals surface area contributed by atoms with E-state index in [0.29, 0.717) is 15.2 Å². The highest BCUT2D eigenvalue weighted by Crippen LogP contribution is 2.20. The Balaban J connectivity index is 1.82. The summed E-state index contributed by atoms with van der Waals surface area (Å²) in [6, 6.07) is 8.29. The molecule has 0 unspecified atom stereocenters. The van der Waals surface area contributed by atoms with E-state index < -0.39 is 24.4 Å². The second-order valence-electron chi connectivity index (χ2n) is 5.25. The van der Waals surface area contributed by atoms with E-state index in [1.807, 2.05) is 0 Å². The van der Waals surface area contributed by atoms with Crippen LogP contribution in [-0.2, 0) is 14.3 Å². The van der Waals surface area contributed by atoms with Gasteiger partial charge in [0.2, 0.25) is 5.91 Å². The van der Waals surface area contributed by atoms with Gasteiger partial charge in [0.05, 0.1) is 22.8 Å². The Bertz CT molecular complexity index is 831. The third kappa shape index (κ3) is 5.82. The lowest BCUT2D eigenvalue weighted by Gasteiger charge is -2.17. The van der Waals surface area contributed by atoms with E-state index in [9.17, 15) is 14.4 Å². The summed E-state index contributed by atoms with van der Waals surface area (Å²) in [4.78, 5) is 40.9. The van der Waals surface area contributed by atoms with Crippen LogP contribution >= 0.6 is 27.5 Å². The number of esters is 1. The molecule has 0 spiro atoms. The number of para-hydroxylation sites is 1. The molecule has 2 rings (SSSR count). The summed E-state index contributed by atoms with van der Waals surface area (Å²) in [6.45, 7) is -0.693. The van der Waals surface area contributed by atoms with Crippen molar-refractivity contribution in [1.82, 2.24) is 9.88 Å². The molecular weight excluding hydrogens is 426 g/mol. The van der Waals surface area contributed by atoms with E-state index >= 15 is 0 Å². The van der Waals surface area contributed by atoms with Crippen molar-refractivity contribution in [2.45, 2.75) is 0 Å². The molecule has 0 radical (unpaired) electrons. The highest BCUT2D eigenvalue weighted by atomic mass is 79.9. The Labute approximate surface area is 163 Å². The summed E-state index contributed by atoms with van der Waals surface area (Å²) in [5.74, 6) is -1.62. The molecule has 2 amide bonds. The van der Waals surface area contributed by atoms with Crippen LogP contribution in [0.5, 0.6) is 0 Å². The number of amides is 2. The van der Waals surface area contributed by atoms with Gasteiger partial charge in [0.15, 0.2) is 6.61 Å². The molecule has 1 N–H and O–H groups in total. The Morgan fingerprint density at radius 3 is 2.69 bits per heavy atom. The van der Waals surface area contributed by atoms with Crippen molar-refractivity contribution in [1.29, 1.82) is 0 Å². The Hall–Kier alpha value is -2.45. The zero-order valence-electron chi connectivity index (χ0n) is 13.7. The maximum Gasteiger partial charge on any atom is 0.340 e. The second kappa shape index (κ2) is 9.30. The minimum absolute atomic E-state index is 0.208. The topological polar surface area (TPSA) is 88.6 Å². The molecular formula is C17H15BrClN3O4. The first-order valence-corrected chi connectivity index (χ1v) is 8.60. The van der Waals surface area contributed by atoms with Crippen molar-refractivity contribution < 1.29 is 19.1 Å². The summed E-state index contributed by atoms with van der Waals surface area (Å²) in [6.07, 6.45) is 2.85. The first-order chi connectivity index (χ1) is 12.4. The average Bonchev–Trinajstić information content (AvgIpc) is 2.61. The maximum absolute atomic E-state index is 12.0. The van der Waals surface area contributed by atoms with Gasteiger partial charge in [-0.15, -0.1) is 0 Å². The summed E-state index contributed by atoms with van der Waals surface area (Å²) in [5, 5.41) is 3.00. The maximum atomic E-state index is 12.0. The van der Waals surface area contributed by atoms with Crippen LogP contribution in [0.4, 0.5) is 5.69 Å². The monoisotopic (exact) mass is 439 g/mol. The SMILES string of the molecule is CN(CC(=O)Nc1ccccc1Cl)C(=O)COC(=O)c1cncc(Br)c1. The number of carbonyl (C=O) groups excluding carboxylic acids is 3. The molecule has 26 heavy (non-hydrogen) atoms. The summed E-state index contributed by atoms with van der Waals surface area (Å²) in [5.41, 5.74) is 0.667. The largest absolute Gasteiger partial charge is 0.452 e. The standard InChI is InChI=1S/C17H15BrClN3O4/c1-22(9-15(23)21-14-5-3-2-4-13(14)19)16(24)10-26-17(25)11-6-12(18)8-20-7-11/h2-8H,9-10H2,1H3,(H,21,23). The van der Waals surface area contributed by atoms with Crippen molar-refractivity contribution in [2.24, 2.45) is 0 Å². The van der Waals surface area contributed by atoms with Crippen molar-refractivity contribution in [3.05, 3.63) is 57.8 Å². The van der Waals surface area contributed by atoms with Crippen molar-refractivity contribution in [3.63, 3.8) is 0 Å². The van der Waals surface area contributed by atoms with Gasteiger partial charge in [-0.05, 0) is 34.1 Å². The summed E-state index contributed by atoms with van der Waals surface area (Å²) >= 11 is 9.15. The van der Waals surface area contributed by atoms with E-state index in [0.717, 1.165) is 4.90 Å². The fraction of sp³-hybridized carbons (Fsp3) is 0.176. The lowest BCUT2D eigenvalue weighted by atomic mass is 10.3. The van der Waals surface area contributed by atoms with E-state index in [-0.39, 0.29) is 12.1 Å². The number of nitrogens with zero attached hydrogens (tertiary/aromatic N) is 2. The number of benzene rings is 1. The van der Waals surface area contributed by atoms with Crippen LogP contribution in [0.15, 0.2) is 47.2 Å². The van der Waals surface area contributed by atoms with Gasteiger partial charge in [0.25, 0.3) is 5.91 Å². The van der Waals surface area contributed by atoms with E-state index in [1.165, 1.54) is 25.5 Å². The number of ether oxygens (including phenoxy) is 1. The predicted molar refractivity (Wildman–Crippen MR) is 99.9 cm³/mol. The molecule has 0 atom stereocenters. The van der Waals surface area contributed by atoms with Crippen LogP contribution in [0, 0.1) is 0 Å². The first kappa shape index (κ1) is 19.9. The van der Waals surface area contributed by atoms with Gasteiger partial charge in [-0.1, -0.05) is 23.7 Å². The summed E-state index contributed by atoms with van der Waals surface area (Å²) < 4.78 is 5.56. The molecule has 2 aromatic rings. The number of anilines is 1. The van der Waals surface area contributed by atoms with Crippen molar-refractivity contribution in [2.75, 3.05) is 25.5 Å². The summed E-state index contributed by atoms with van der Waals surface area (Å²) in [7, 11) is 1.43. The molecule has 9 heteroatoms. The fourth-order valence-corrected chi connectivity index (χ4v) is 2.45. The average molecular weight is 441 g/mol. The number of halogens is 2. The fourth-order valence-electron chi connectivity index (χ4n) is 1.90. The van der Waals surface area contributed by atoms with Crippen LogP contribution < -0.4 is 5.32 Å². The highest BCUT2D eigenvalue weighted by Gasteiger charge is 2.17. The number of likely N-dealkylation sites (N-methyl/N-ethyl adjacent to an activating group) is 1. The molecule has 7 nitrogen and oxygen atoms in total. The van der Waals surface area contributed by atoms with Gasteiger partial charge in [0, 0.05) is 23.9 Å². The van der Waals surface area contributed by atoms with Crippen LogP contribution in [0.2, 0.25) is 5.02 Å². The molecule has 1 aromatic carbocycles. The lowest BCUT2D eigenvalue weighted by molar-refractivity contribution is -0.136. The van der Waals surface area contributed by atoms with Gasteiger partial charge >= 0.3 is 5.97 Å². The number of rotatable bonds is 6. The molecule has 0 fully saturated rings. The number of hydrogen-bond acceptors (Lipinski definition) is 5. The number of aromatic nitrogens is 1. The van der Waals surface area contributed by atoms with E-state index in [1.54, 1.807) is 24.3 Å². The zero-order valence-corrected chi connectivity index (χ0v) is 16.1. The van der Waals surface area contributed by atoms with Gasteiger partial charge < -0.3 is 15.0 Å². The number of carbonyl (C=O) groups is 3. The molecule has 136 valence electrons. The van der Waals surface area contributed by atoms with Crippen LogP contribution in [0.25, 0.3) is 0 Å². The third-order valence-corrected chi connectivity index (χ3v) is 3.99. The number of nitrogens with one attached hydrogen (secondary N) is 1. The van der Waals surface area contributed by atoms with Gasteiger partial charge in [-0.2, -0.15) is 0 Å². The molecule has 1 heterocycles. The number of pyridine rings is 1. The van der Waals surface area contributed by atoms with E-state index in [4.69, 9.17) is 16.3 Å². The Morgan fingerprint density at radius 2 is 2.00 bits per heavy atom. The zero-order chi connectivity index (χ0) is 19.1. The minimum atomic E-state index is -0.680. The minimum Gasteiger partial charge on any atom is -0.452 e. The normalized spacial score (nSPS) is 10.1. The second-order valence-corrected chi connectivity index (χ2v) is 6.57. The molecule has 0 aliphatic rings. The quantitative estimate of drug-likeness (QED) is 0.698. The Morgan fingerprint density at radius 1 is 1.27 bits per heavy atom. The first-order valence-electron chi connectivity index (χ1n) is 7.43. The number of hydrogen-bond donors (Lipinski definition) is 1. The smallest absolute Gasteiger partial charge is 0.340 e. The predicted octanol–water partition coefficient (Wildman–Crippen LogP) is 2.75. The van der Waals surface area contributed by atoms with Crippen LogP contribution in [0.1, 0.15) is 10.4 Å². The van der Waals surface area contributed by atoms with Crippen LogP contribution in [0.3, 0.4) is 0 Å². The third-order valence-electron chi connectivity index (χ3n) is 3.22. The Kier molecular flexibility index (Phi) is 7.11. The molecule has 0 saturated carbocycles. The van der Waals surface area contributed by atoms with Crippen molar-refractivity contribution in [3.8, 4) is 0 Å². The highest BCUT2D eigenvalue weighted by molar-refractivity contribution is 9.10. The molecule has 0 saturated heterocycles. The molecule has 0 bridgehead atoms.